The van der Waals surface area contributed by atoms with E-state index in [1.54, 1.807) is 0 Å². The fourth-order valence-electron chi connectivity index (χ4n) is 3.93. The number of carbonyl (C=O) groups excluding carboxylic acids is 1. The highest BCUT2D eigenvalue weighted by atomic mass is 16.5. The molecule has 1 aromatic heterocycles. The van der Waals surface area contributed by atoms with Gasteiger partial charge in [0.25, 0.3) is 5.91 Å². The molecule has 2 aliphatic heterocycles. The summed E-state index contributed by atoms with van der Waals surface area (Å²) in [6, 6.07) is 9.87. The first-order valence-corrected chi connectivity index (χ1v) is 9.44. The number of carbonyl (C=O) groups is 1. The Morgan fingerprint density at radius 2 is 2.04 bits per heavy atom. The van der Waals surface area contributed by atoms with E-state index >= 15 is 0 Å². The van der Waals surface area contributed by atoms with Crippen molar-refractivity contribution in [2.75, 3.05) is 31.6 Å². The Labute approximate surface area is 154 Å². The van der Waals surface area contributed by atoms with Crippen LogP contribution < -0.4 is 9.64 Å². The highest BCUT2D eigenvalue weighted by molar-refractivity contribution is 5.83. The average molecular weight is 354 g/mol. The fourth-order valence-corrected chi connectivity index (χ4v) is 3.93. The smallest absolute Gasteiger partial charge is 0.265 e. The summed E-state index contributed by atoms with van der Waals surface area (Å²) in [5.41, 5.74) is 1.05. The van der Waals surface area contributed by atoms with Crippen LogP contribution in [0, 0.1) is 5.92 Å². The van der Waals surface area contributed by atoms with Gasteiger partial charge in [0.2, 0.25) is 0 Å². The van der Waals surface area contributed by atoms with Crippen molar-refractivity contribution in [3.8, 4) is 5.75 Å². The molecular weight excluding hydrogens is 328 g/mol. The summed E-state index contributed by atoms with van der Waals surface area (Å²) in [5, 5.41) is 4.26. The van der Waals surface area contributed by atoms with Gasteiger partial charge in [-0.05, 0) is 43.4 Å². The van der Waals surface area contributed by atoms with Gasteiger partial charge in [-0.3, -0.25) is 9.48 Å². The molecule has 1 fully saturated rings. The molecule has 0 bridgehead atoms. The number of para-hydroxylation sites is 2. The summed E-state index contributed by atoms with van der Waals surface area (Å²) >= 11 is 0. The second-order valence-electron chi connectivity index (χ2n) is 7.28. The number of aryl methyl sites for hydroxylation is 1. The van der Waals surface area contributed by atoms with Crippen molar-refractivity contribution >= 4 is 11.6 Å². The summed E-state index contributed by atoms with van der Waals surface area (Å²) in [4.78, 5) is 17.0. The molecule has 2 aromatic rings. The van der Waals surface area contributed by atoms with Gasteiger partial charge < -0.3 is 14.5 Å². The molecule has 0 spiro atoms. The molecule has 0 N–H and O–H groups in total. The molecule has 1 saturated heterocycles. The SMILES string of the molecule is CN1C[C@@H](C(=O)N2CCC(CCn3cccn3)CC2)Oc2ccccc21. The zero-order valence-electron chi connectivity index (χ0n) is 15.3. The normalized spacial score (nSPS) is 20.6. The van der Waals surface area contributed by atoms with Crippen molar-refractivity contribution in [2.24, 2.45) is 5.92 Å². The molecule has 0 radical (unpaired) electrons. The van der Waals surface area contributed by atoms with Gasteiger partial charge in [-0.25, -0.2) is 0 Å². The van der Waals surface area contributed by atoms with E-state index in [9.17, 15) is 4.79 Å². The van der Waals surface area contributed by atoms with Gasteiger partial charge in [-0.1, -0.05) is 12.1 Å². The van der Waals surface area contributed by atoms with Gasteiger partial charge in [0.1, 0.15) is 5.75 Å². The third kappa shape index (κ3) is 3.54. The lowest BCUT2D eigenvalue weighted by Crippen LogP contribution is -2.51. The van der Waals surface area contributed by atoms with Crippen LogP contribution in [0.4, 0.5) is 5.69 Å². The molecular formula is C20H26N4O2. The highest BCUT2D eigenvalue weighted by Gasteiger charge is 2.33. The molecule has 6 nitrogen and oxygen atoms in total. The van der Waals surface area contributed by atoms with Gasteiger partial charge >= 0.3 is 0 Å². The van der Waals surface area contributed by atoms with E-state index in [1.165, 1.54) is 0 Å². The topological polar surface area (TPSA) is 50.6 Å². The molecule has 3 heterocycles. The van der Waals surface area contributed by atoms with Gasteiger partial charge in [0.15, 0.2) is 6.10 Å². The van der Waals surface area contributed by atoms with Crippen molar-refractivity contribution in [2.45, 2.75) is 31.9 Å². The summed E-state index contributed by atoms with van der Waals surface area (Å²) in [5.74, 6) is 1.59. The quantitative estimate of drug-likeness (QED) is 0.846. The van der Waals surface area contributed by atoms with Gasteiger partial charge in [0.05, 0.1) is 12.2 Å². The highest BCUT2D eigenvalue weighted by Crippen LogP contribution is 2.32. The predicted octanol–water partition coefficient (Wildman–Crippen LogP) is 2.41. The van der Waals surface area contributed by atoms with E-state index in [0.29, 0.717) is 12.5 Å². The van der Waals surface area contributed by atoms with E-state index in [1.807, 2.05) is 59.4 Å². The molecule has 138 valence electrons. The Balaban J connectivity index is 1.30. The van der Waals surface area contributed by atoms with E-state index < -0.39 is 6.10 Å². The maximum absolute atomic E-state index is 12.9. The summed E-state index contributed by atoms with van der Waals surface area (Å²) in [7, 11) is 2.02. The monoisotopic (exact) mass is 354 g/mol. The Bertz CT molecular complexity index is 738. The number of hydrogen-bond acceptors (Lipinski definition) is 4. The third-order valence-electron chi connectivity index (χ3n) is 5.51. The molecule has 6 heteroatoms. The Morgan fingerprint density at radius 1 is 1.23 bits per heavy atom. The van der Waals surface area contributed by atoms with Crippen molar-refractivity contribution < 1.29 is 9.53 Å². The number of hydrogen-bond donors (Lipinski definition) is 0. The number of ether oxygens (including phenoxy) is 1. The minimum absolute atomic E-state index is 0.122. The number of rotatable bonds is 4. The molecule has 1 aromatic carbocycles. The maximum atomic E-state index is 12.9. The Hall–Kier alpha value is -2.50. The van der Waals surface area contributed by atoms with E-state index in [-0.39, 0.29) is 5.91 Å². The average Bonchev–Trinajstić information content (AvgIpc) is 3.20. The number of nitrogens with zero attached hydrogens (tertiary/aromatic N) is 4. The Morgan fingerprint density at radius 3 is 2.81 bits per heavy atom. The second kappa shape index (κ2) is 7.40. The van der Waals surface area contributed by atoms with Crippen LogP contribution in [0.1, 0.15) is 19.3 Å². The largest absolute Gasteiger partial charge is 0.477 e. The number of anilines is 1. The van der Waals surface area contributed by atoms with Gasteiger partial charge in [0, 0.05) is 39.1 Å². The number of benzene rings is 1. The number of piperidine rings is 1. The zero-order valence-corrected chi connectivity index (χ0v) is 15.3. The lowest BCUT2D eigenvalue weighted by atomic mass is 9.93. The molecule has 1 amide bonds. The van der Waals surface area contributed by atoms with Crippen LogP contribution in [0.15, 0.2) is 42.7 Å². The van der Waals surface area contributed by atoms with Crippen molar-refractivity contribution in [1.29, 1.82) is 0 Å². The van der Waals surface area contributed by atoms with Crippen LogP contribution in [0.5, 0.6) is 5.75 Å². The molecule has 0 unspecified atom stereocenters. The minimum Gasteiger partial charge on any atom is -0.477 e. The van der Waals surface area contributed by atoms with E-state index in [4.69, 9.17) is 4.74 Å². The molecule has 0 saturated carbocycles. The summed E-state index contributed by atoms with van der Waals surface area (Å²) in [6.07, 6.45) is 6.67. The molecule has 2 aliphatic rings. The Kier molecular flexibility index (Phi) is 4.82. The first-order chi connectivity index (χ1) is 12.7. The van der Waals surface area contributed by atoms with Crippen LogP contribution >= 0.6 is 0 Å². The van der Waals surface area contributed by atoms with E-state index in [0.717, 1.165) is 50.3 Å². The van der Waals surface area contributed by atoms with E-state index in [2.05, 4.69) is 10.00 Å². The lowest BCUT2D eigenvalue weighted by molar-refractivity contribution is -0.140. The van der Waals surface area contributed by atoms with Crippen LogP contribution in [-0.2, 0) is 11.3 Å². The number of aromatic nitrogens is 2. The van der Waals surface area contributed by atoms with Crippen LogP contribution in [0.25, 0.3) is 0 Å². The van der Waals surface area contributed by atoms with Crippen molar-refractivity contribution in [1.82, 2.24) is 14.7 Å². The summed E-state index contributed by atoms with van der Waals surface area (Å²) < 4.78 is 7.98. The first-order valence-electron chi connectivity index (χ1n) is 9.44. The second-order valence-corrected chi connectivity index (χ2v) is 7.28. The number of likely N-dealkylation sites (N-methyl/N-ethyl adjacent to an activating group) is 1. The zero-order chi connectivity index (χ0) is 17.9. The van der Waals surface area contributed by atoms with Crippen molar-refractivity contribution in [3.05, 3.63) is 42.7 Å². The molecule has 0 aliphatic carbocycles. The maximum Gasteiger partial charge on any atom is 0.265 e. The van der Waals surface area contributed by atoms with Crippen molar-refractivity contribution in [3.63, 3.8) is 0 Å². The molecule has 1 atom stereocenters. The van der Waals surface area contributed by atoms with Crippen LogP contribution in [0.3, 0.4) is 0 Å². The lowest BCUT2D eigenvalue weighted by Gasteiger charge is -2.38. The fraction of sp³-hybridized carbons (Fsp3) is 0.500. The summed E-state index contributed by atoms with van der Waals surface area (Å²) in [6.45, 7) is 3.22. The van der Waals surface area contributed by atoms with Gasteiger partial charge in [-0.15, -0.1) is 0 Å². The molecule has 4 rings (SSSR count). The minimum atomic E-state index is -0.407. The number of likely N-dealkylation sites (tertiary alicyclic amines) is 1. The third-order valence-corrected chi connectivity index (χ3v) is 5.51. The van der Waals surface area contributed by atoms with Crippen LogP contribution in [0.2, 0.25) is 0 Å². The van der Waals surface area contributed by atoms with Gasteiger partial charge in [-0.2, -0.15) is 5.10 Å². The number of amides is 1. The standard InChI is InChI=1S/C20H26N4O2/c1-22-15-19(26-18-6-3-2-5-17(18)22)20(25)23-12-7-16(8-13-23)9-14-24-11-4-10-21-24/h2-6,10-11,16,19H,7-9,12-15H2,1H3/t19-/m0/s1. The molecule has 26 heavy (non-hydrogen) atoms. The number of fused-ring (bicyclic) bond motifs is 1. The predicted molar refractivity (Wildman–Crippen MR) is 100 cm³/mol. The first kappa shape index (κ1) is 16.9. The van der Waals surface area contributed by atoms with Crippen LogP contribution in [-0.4, -0.2) is 53.4 Å².